The van der Waals surface area contributed by atoms with E-state index in [1.165, 1.54) is 25.1 Å². The van der Waals surface area contributed by atoms with E-state index in [1.54, 1.807) is 13.8 Å². The van der Waals surface area contributed by atoms with E-state index in [2.05, 4.69) is 20.5 Å². The van der Waals surface area contributed by atoms with Crippen LogP contribution in [0.2, 0.25) is 0 Å². The topological polar surface area (TPSA) is 108 Å². The normalized spacial score (nSPS) is 11.7. The Morgan fingerprint density at radius 3 is 2.50 bits per heavy atom. The van der Waals surface area contributed by atoms with Crippen LogP contribution >= 0.6 is 11.8 Å². The molecule has 0 atom stereocenters. The van der Waals surface area contributed by atoms with Gasteiger partial charge in [0, 0.05) is 19.3 Å². The van der Waals surface area contributed by atoms with Crippen molar-refractivity contribution in [3.63, 3.8) is 0 Å². The van der Waals surface area contributed by atoms with Gasteiger partial charge in [0.1, 0.15) is 6.33 Å². The number of thioether (sulfide) groups is 1. The van der Waals surface area contributed by atoms with E-state index in [-0.39, 0.29) is 17.3 Å². The highest BCUT2D eigenvalue weighted by Gasteiger charge is 2.26. The van der Waals surface area contributed by atoms with Crippen LogP contribution in [-0.4, -0.2) is 59.7 Å². The summed E-state index contributed by atoms with van der Waals surface area (Å²) >= 11 is 1.42. The lowest BCUT2D eigenvalue weighted by Crippen LogP contribution is -2.39. The molecule has 0 saturated carbocycles. The Morgan fingerprint density at radius 2 is 1.92 bits per heavy atom. The zero-order chi connectivity index (χ0) is 19.3. The van der Waals surface area contributed by atoms with E-state index in [9.17, 15) is 13.2 Å². The fraction of sp³-hybridized carbons (Fsp3) is 0.438. The fourth-order valence-corrected chi connectivity index (χ4v) is 4.84. The number of hydrogen-bond acceptors (Lipinski definition) is 6. The van der Waals surface area contributed by atoms with Crippen molar-refractivity contribution in [3.05, 3.63) is 35.2 Å². The molecule has 0 aliphatic rings. The van der Waals surface area contributed by atoms with Crippen molar-refractivity contribution in [1.82, 2.24) is 24.8 Å². The van der Waals surface area contributed by atoms with Crippen molar-refractivity contribution < 1.29 is 13.2 Å². The summed E-state index contributed by atoms with van der Waals surface area (Å²) in [4.78, 5) is 16.3. The molecule has 2 rings (SSSR count). The van der Waals surface area contributed by atoms with Crippen molar-refractivity contribution in [1.29, 1.82) is 0 Å². The highest BCUT2D eigenvalue weighted by molar-refractivity contribution is 7.99. The first-order valence-electron chi connectivity index (χ1n) is 8.01. The second-order valence-electron chi connectivity index (χ2n) is 5.98. The molecule has 1 amide bonds. The van der Waals surface area contributed by atoms with E-state index in [1.807, 2.05) is 19.1 Å². The van der Waals surface area contributed by atoms with Crippen molar-refractivity contribution in [2.45, 2.75) is 30.8 Å². The molecule has 26 heavy (non-hydrogen) atoms. The Bertz CT molecular complexity index is 843. The minimum Gasteiger partial charge on any atom is -0.354 e. The Hall–Kier alpha value is -1.91. The van der Waals surface area contributed by atoms with Gasteiger partial charge in [-0.05, 0) is 31.9 Å². The molecule has 0 radical (unpaired) electrons. The van der Waals surface area contributed by atoms with Gasteiger partial charge in [-0.2, -0.15) is 9.40 Å². The smallest absolute Gasteiger partial charge is 0.243 e. The number of amides is 1. The maximum Gasteiger partial charge on any atom is 0.243 e. The monoisotopic (exact) mass is 397 g/mol. The highest BCUT2D eigenvalue weighted by atomic mass is 32.2. The molecule has 0 aliphatic heterocycles. The third kappa shape index (κ3) is 5.05. The maximum absolute atomic E-state index is 12.8. The number of nitrogens with one attached hydrogen (secondary N) is 2. The van der Waals surface area contributed by atoms with Crippen molar-refractivity contribution in [3.8, 4) is 0 Å². The molecule has 0 unspecified atom stereocenters. The minimum atomic E-state index is -3.73. The van der Waals surface area contributed by atoms with Crippen molar-refractivity contribution in [2.24, 2.45) is 0 Å². The van der Waals surface area contributed by atoms with Gasteiger partial charge in [0.2, 0.25) is 15.9 Å². The Balaban J connectivity index is 1.93. The average Bonchev–Trinajstić information content (AvgIpc) is 3.03. The van der Waals surface area contributed by atoms with Crippen LogP contribution in [0.5, 0.6) is 0 Å². The molecule has 2 aromatic rings. The Labute approximate surface area is 157 Å². The van der Waals surface area contributed by atoms with Crippen molar-refractivity contribution in [2.75, 3.05) is 25.9 Å². The maximum atomic E-state index is 12.8. The van der Waals surface area contributed by atoms with Crippen LogP contribution in [0.15, 0.2) is 28.5 Å². The summed E-state index contributed by atoms with van der Waals surface area (Å²) < 4.78 is 26.7. The lowest BCUT2D eigenvalue weighted by atomic mass is 10.1. The molecule has 1 aromatic heterocycles. The molecule has 2 N–H and O–H groups in total. The molecule has 0 saturated heterocycles. The number of nitrogens with zero attached hydrogens (tertiary/aromatic N) is 3. The van der Waals surface area contributed by atoms with Crippen LogP contribution in [0.4, 0.5) is 0 Å². The number of benzene rings is 1. The average molecular weight is 398 g/mol. The number of hydrogen-bond donors (Lipinski definition) is 2. The number of rotatable bonds is 8. The summed E-state index contributed by atoms with van der Waals surface area (Å²) in [6.07, 6.45) is 1.41. The van der Waals surface area contributed by atoms with E-state index in [4.69, 9.17) is 0 Å². The number of sulfonamides is 1. The van der Waals surface area contributed by atoms with E-state index >= 15 is 0 Å². The zero-order valence-corrected chi connectivity index (χ0v) is 16.9. The first kappa shape index (κ1) is 20.4. The summed E-state index contributed by atoms with van der Waals surface area (Å²) in [5.41, 5.74) is 2.36. The molecule has 0 fully saturated rings. The van der Waals surface area contributed by atoms with Gasteiger partial charge in [0.05, 0.1) is 11.4 Å². The lowest BCUT2D eigenvalue weighted by Gasteiger charge is -2.20. The number of aryl methyl sites for hydroxylation is 3. The van der Waals surface area contributed by atoms with Crippen LogP contribution in [0, 0.1) is 20.8 Å². The predicted octanol–water partition coefficient (Wildman–Crippen LogP) is 1.26. The van der Waals surface area contributed by atoms with Gasteiger partial charge in [-0.3, -0.25) is 9.89 Å². The van der Waals surface area contributed by atoms with Gasteiger partial charge in [-0.1, -0.05) is 29.5 Å². The van der Waals surface area contributed by atoms with Gasteiger partial charge in [0.15, 0.2) is 5.16 Å². The summed E-state index contributed by atoms with van der Waals surface area (Å²) in [6.45, 7) is 5.62. The number of aromatic amines is 1. The van der Waals surface area contributed by atoms with Crippen LogP contribution in [-0.2, 0) is 14.8 Å². The second kappa shape index (κ2) is 8.65. The van der Waals surface area contributed by atoms with Crippen LogP contribution in [0.25, 0.3) is 0 Å². The van der Waals surface area contributed by atoms with Crippen molar-refractivity contribution >= 4 is 27.7 Å². The molecule has 1 aromatic carbocycles. The number of carbonyl (C=O) groups excluding carboxylic acids is 1. The Morgan fingerprint density at radius 1 is 1.27 bits per heavy atom. The largest absolute Gasteiger partial charge is 0.354 e. The standard InChI is InChI=1S/C16H23N5O3S2/c1-11-7-12(2)15(13(3)8-11)26(23,24)21(4)9-14(22)17-5-6-25-16-18-10-19-20-16/h7-8,10H,5-6,9H2,1-4H3,(H,17,22)(H,18,19,20). The van der Waals surface area contributed by atoms with Gasteiger partial charge < -0.3 is 5.32 Å². The molecule has 0 aliphatic carbocycles. The molecule has 142 valence electrons. The van der Waals surface area contributed by atoms with Crippen LogP contribution < -0.4 is 5.32 Å². The molecule has 8 nitrogen and oxygen atoms in total. The van der Waals surface area contributed by atoms with E-state index < -0.39 is 10.0 Å². The first-order chi connectivity index (χ1) is 12.2. The highest BCUT2D eigenvalue weighted by Crippen LogP contribution is 2.24. The van der Waals surface area contributed by atoms with Gasteiger partial charge in [0.25, 0.3) is 0 Å². The lowest BCUT2D eigenvalue weighted by molar-refractivity contribution is -0.121. The second-order valence-corrected chi connectivity index (χ2v) is 9.04. The van der Waals surface area contributed by atoms with E-state index in [0.29, 0.717) is 28.6 Å². The molecular formula is C16H23N5O3S2. The third-order valence-corrected chi connectivity index (χ3v) is 6.68. The van der Waals surface area contributed by atoms with Gasteiger partial charge in [-0.15, -0.1) is 0 Å². The SMILES string of the molecule is Cc1cc(C)c(S(=O)(=O)N(C)CC(=O)NCCSc2ncn[nH]2)c(C)c1. The Kier molecular flexibility index (Phi) is 6.79. The first-order valence-corrected chi connectivity index (χ1v) is 10.4. The summed E-state index contributed by atoms with van der Waals surface area (Å²) in [7, 11) is -2.32. The van der Waals surface area contributed by atoms with Crippen LogP contribution in [0.3, 0.4) is 0 Å². The molecule has 1 heterocycles. The molecule has 0 spiro atoms. The van der Waals surface area contributed by atoms with Crippen LogP contribution in [0.1, 0.15) is 16.7 Å². The predicted molar refractivity (Wildman–Crippen MR) is 101 cm³/mol. The summed E-state index contributed by atoms with van der Waals surface area (Å²) in [5.74, 6) is 0.254. The molecule has 0 bridgehead atoms. The number of aromatic nitrogens is 3. The quantitative estimate of drug-likeness (QED) is 0.513. The minimum absolute atomic E-state index is 0.234. The summed E-state index contributed by atoms with van der Waals surface area (Å²) in [6, 6.07) is 3.66. The summed E-state index contributed by atoms with van der Waals surface area (Å²) in [5, 5.41) is 9.83. The third-order valence-electron chi connectivity index (χ3n) is 3.70. The number of carbonyl (C=O) groups is 1. The fourth-order valence-electron chi connectivity index (χ4n) is 2.67. The van der Waals surface area contributed by atoms with Gasteiger partial charge in [-0.25, -0.2) is 13.4 Å². The molecular weight excluding hydrogens is 374 g/mol. The zero-order valence-electron chi connectivity index (χ0n) is 15.2. The molecule has 10 heteroatoms. The van der Waals surface area contributed by atoms with Gasteiger partial charge >= 0.3 is 0 Å². The number of H-pyrrole nitrogens is 1. The van der Waals surface area contributed by atoms with E-state index in [0.717, 1.165) is 9.87 Å². The number of likely N-dealkylation sites (N-methyl/N-ethyl adjacent to an activating group) is 1.